The van der Waals surface area contributed by atoms with Gasteiger partial charge in [0.1, 0.15) is 0 Å². The third-order valence-electron chi connectivity index (χ3n) is 2.88. The molecule has 18 heavy (non-hydrogen) atoms. The van der Waals surface area contributed by atoms with Crippen LogP contribution < -0.4 is 0 Å². The molecule has 0 saturated heterocycles. The Kier molecular flexibility index (Phi) is 3.26. The summed E-state index contributed by atoms with van der Waals surface area (Å²) in [6.45, 7) is 5.67. The minimum absolute atomic E-state index is 0.258. The first-order valence-corrected chi connectivity index (χ1v) is 6.27. The lowest BCUT2D eigenvalue weighted by Crippen LogP contribution is -2.09. The van der Waals surface area contributed by atoms with Crippen LogP contribution in [0, 0.1) is 20.8 Å². The maximum atomic E-state index is 11.3. The van der Waals surface area contributed by atoms with Crippen LogP contribution >= 0.6 is 15.9 Å². The van der Waals surface area contributed by atoms with Crippen LogP contribution in [0.2, 0.25) is 0 Å². The van der Waals surface area contributed by atoms with Gasteiger partial charge >= 0.3 is 5.97 Å². The largest absolute Gasteiger partial charge is 0.478 e. The van der Waals surface area contributed by atoms with Gasteiger partial charge in [0.25, 0.3) is 0 Å². The van der Waals surface area contributed by atoms with Crippen molar-refractivity contribution in [2.75, 3.05) is 0 Å². The zero-order chi connectivity index (χ0) is 13.4. The molecule has 0 unspecified atom stereocenters. The van der Waals surface area contributed by atoms with Crippen LogP contribution in [0.15, 0.2) is 22.7 Å². The number of aromatic carboxylic acids is 1. The van der Waals surface area contributed by atoms with Gasteiger partial charge < -0.3 is 5.11 Å². The Balaban J connectivity index is 2.78. The average Bonchev–Trinajstić information content (AvgIpc) is 2.56. The van der Waals surface area contributed by atoms with Crippen LogP contribution in [0.5, 0.6) is 0 Å². The molecule has 0 atom stereocenters. The predicted octanol–water partition coefficient (Wildman–Crippen LogP) is 3.26. The Morgan fingerprint density at radius 3 is 2.50 bits per heavy atom. The molecule has 0 fully saturated rings. The van der Waals surface area contributed by atoms with E-state index in [1.54, 1.807) is 16.8 Å². The lowest BCUT2D eigenvalue weighted by Gasteiger charge is -2.11. The maximum absolute atomic E-state index is 11.3. The zero-order valence-electron chi connectivity index (χ0n) is 10.4. The summed E-state index contributed by atoms with van der Waals surface area (Å²) in [5, 5.41) is 13.7. The van der Waals surface area contributed by atoms with Crippen LogP contribution in [0.3, 0.4) is 0 Å². The number of para-hydroxylation sites is 1. The Morgan fingerprint density at radius 2 is 2.00 bits per heavy atom. The molecule has 0 aliphatic rings. The monoisotopic (exact) mass is 308 g/mol. The number of carboxylic acid groups (broad SMARTS) is 1. The second-order valence-electron chi connectivity index (χ2n) is 4.17. The Morgan fingerprint density at radius 1 is 1.33 bits per heavy atom. The smallest absolute Gasteiger partial charge is 0.337 e. The van der Waals surface area contributed by atoms with Gasteiger partial charge in [-0.25, -0.2) is 9.48 Å². The van der Waals surface area contributed by atoms with E-state index >= 15 is 0 Å². The number of aryl methyl sites for hydroxylation is 2. The van der Waals surface area contributed by atoms with E-state index < -0.39 is 5.97 Å². The number of carbonyl (C=O) groups is 1. The molecule has 1 aromatic carbocycles. The minimum atomic E-state index is -0.947. The fraction of sp³-hybridized carbons (Fsp3) is 0.231. The van der Waals surface area contributed by atoms with E-state index in [2.05, 4.69) is 21.0 Å². The van der Waals surface area contributed by atoms with Crippen molar-refractivity contribution in [3.63, 3.8) is 0 Å². The molecular weight excluding hydrogens is 296 g/mol. The molecule has 2 aromatic rings. The van der Waals surface area contributed by atoms with Crippen molar-refractivity contribution in [3.8, 4) is 5.69 Å². The van der Waals surface area contributed by atoms with Crippen LogP contribution in [0.4, 0.5) is 0 Å². The standard InChI is InChI=1S/C13H13BrN2O2/c1-7-5-4-6-10(13(17)18)12(7)16-9(3)11(14)8(2)15-16/h4-6H,1-3H3,(H,17,18). The third kappa shape index (κ3) is 1.95. The number of hydrogen-bond acceptors (Lipinski definition) is 2. The molecule has 1 heterocycles. The predicted molar refractivity (Wildman–Crippen MR) is 72.4 cm³/mol. The number of benzene rings is 1. The first-order chi connectivity index (χ1) is 8.43. The third-order valence-corrected chi connectivity index (χ3v) is 4.03. The second kappa shape index (κ2) is 4.57. The summed E-state index contributed by atoms with van der Waals surface area (Å²) in [7, 11) is 0. The SMILES string of the molecule is Cc1cccc(C(=O)O)c1-n1nc(C)c(Br)c1C. The van der Waals surface area contributed by atoms with Gasteiger partial charge in [-0.1, -0.05) is 12.1 Å². The summed E-state index contributed by atoms with van der Waals surface area (Å²) < 4.78 is 2.58. The molecule has 0 amide bonds. The van der Waals surface area contributed by atoms with Crippen molar-refractivity contribution in [2.45, 2.75) is 20.8 Å². The van der Waals surface area contributed by atoms with Gasteiger partial charge in [-0.2, -0.15) is 5.10 Å². The molecule has 0 bridgehead atoms. The molecule has 4 nitrogen and oxygen atoms in total. The van der Waals surface area contributed by atoms with Gasteiger partial charge in [-0.3, -0.25) is 0 Å². The van der Waals surface area contributed by atoms with E-state index in [1.165, 1.54) is 0 Å². The fourth-order valence-electron chi connectivity index (χ4n) is 1.95. The lowest BCUT2D eigenvalue weighted by atomic mass is 10.1. The van der Waals surface area contributed by atoms with Crippen LogP contribution in [-0.4, -0.2) is 20.9 Å². The number of rotatable bonds is 2. The molecule has 0 aliphatic heterocycles. The number of hydrogen-bond donors (Lipinski definition) is 1. The summed E-state index contributed by atoms with van der Waals surface area (Å²) in [6, 6.07) is 5.21. The summed E-state index contributed by atoms with van der Waals surface area (Å²) >= 11 is 3.45. The average molecular weight is 309 g/mol. The molecule has 0 saturated carbocycles. The molecule has 1 aromatic heterocycles. The minimum Gasteiger partial charge on any atom is -0.478 e. The van der Waals surface area contributed by atoms with Gasteiger partial charge in [0.2, 0.25) is 0 Å². The van der Waals surface area contributed by atoms with Crippen LogP contribution in [0.25, 0.3) is 5.69 Å². The highest BCUT2D eigenvalue weighted by Crippen LogP contribution is 2.26. The number of aromatic nitrogens is 2. The first-order valence-electron chi connectivity index (χ1n) is 5.48. The highest BCUT2D eigenvalue weighted by Gasteiger charge is 2.18. The van der Waals surface area contributed by atoms with Crippen molar-refractivity contribution >= 4 is 21.9 Å². The van der Waals surface area contributed by atoms with Crippen molar-refractivity contribution < 1.29 is 9.90 Å². The Labute approximate surface area is 113 Å². The summed E-state index contributed by atoms with van der Waals surface area (Å²) in [4.78, 5) is 11.3. The Bertz CT molecular complexity index is 632. The van der Waals surface area contributed by atoms with E-state index in [4.69, 9.17) is 0 Å². The van der Waals surface area contributed by atoms with Gasteiger partial charge in [-0.15, -0.1) is 0 Å². The highest BCUT2D eigenvalue weighted by atomic mass is 79.9. The van der Waals surface area contributed by atoms with Crippen LogP contribution in [-0.2, 0) is 0 Å². The van der Waals surface area contributed by atoms with Gasteiger partial charge in [0.15, 0.2) is 0 Å². The summed E-state index contributed by atoms with van der Waals surface area (Å²) in [5.41, 5.74) is 3.49. The van der Waals surface area contributed by atoms with Crippen molar-refractivity contribution in [2.24, 2.45) is 0 Å². The molecule has 0 radical (unpaired) electrons. The molecule has 1 N–H and O–H groups in total. The Hall–Kier alpha value is -1.62. The van der Waals surface area contributed by atoms with Crippen molar-refractivity contribution in [1.29, 1.82) is 0 Å². The molecular formula is C13H13BrN2O2. The van der Waals surface area contributed by atoms with Gasteiger partial charge in [-0.05, 0) is 48.3 Å². The second-order valence-corrected chi connectivity index (χ2v) is 4.97. The van der Waals surface area contributed by atoms with E-state index in [0.29, 0.717) is 5.69 Å². The highest BCUT2D eigenvalue weighted by molar-refractivity contribution is 9.10. The topological polar surface area (TPSA) is 55.1 Å². The van der Waals surface area contributed by atoms with E-state index in [0.717, 1.165) is 21.4 Å². The van der Waals surface area contributed by atoms with E-state index in [9.17, 15) is 9.90 Å². The number of halogens is 1. The zero-order valence-corrected chi connectivity index (χ0v) is 11.9. The molecule has 2 rings (SSSR count). The van der Waals surface area contributed by atoms with Crippen LogP contribution in [0.1, 0.15) is 27.3 Å². The number of nitrogens with zero attached hydrogens (tertiary/aromatic N) is 2. The van der Waals surface area contributed by atoms with Crippen molar-refractivity contribution in [1.82, 2.24) is 9.78 Å². The van der Waals surface area contributed by atoms with Gasteiger partial charge in [0, 0.05) is 0 Å². The normalized spacial score (nSPS) is 10.7. The van der Waals surface area contributed by atoms with Gasteiger partial charge in [0.05, 0.1) is 27.1 Å². The molecule has 0 spiro atoms. The first kappa shape index (κ1) is 12.8. The summed E-state index contributed by atoms with van der Waals surface area (Å²) in [6.07, 6.45) is 0. The lowest BCUT2D eigenvalue weighted by molar-refractivity contribution is 0.0696. The molecule has 5 heteroatoms. The van der Waals surface area contributed by atoms with E-state index in [1.807, 2.05) is 26.8 Å². The fourth-order valence-corrected chi connectivity index (χ4v) is 2.20. The molecule has 0 aliphatic carbocycles. The number of carboxylic acids is 1. The van der Waals surface area contributed by atoms with E-state index in [-0.39, 0.29) is 5.56 Å². The summed E-state index contributed by atoms with van der Waals surface area (Å²) in [5.74, 6) is -0.947. The quantitative estimate of drug-likeness (QED) is 0.926. The maximum Gasteiger partial charge on any atom is 0.337 e. The van der Waals surface area contributed by atoms with Crippen molar-refractivity contribution in [3.05, 3.63) is 45.2 Å². The molecule has 94 valence electrons.